The zero-order valence-corrected chi connectivity index (χ0v) is 22.9. The molecule has 0 unspecified atom stereocenters. The molecule has 1 N–H and O–H groups in total. The second-order valence-electron chi connectivity index (χ2n) is 10.5. The smallest absolute Gasteiger partial charge is 0.412 e. The molecule has 0 atom stereocenters. The van der Waals surface area contributed by atoms with Gasteiger partial charge in [-0.25, -0.2) is 9.78 Å². The van der Waals surface area contributed by atoms with Crippen LogP contribution in [0.25, 0.3) is 11.1 Å². The third-order valence-electron chi connectivity index (χ3n) is 5.42. The number of hydrogen-bond donors (Lipinski definition) is 1. The number of hydrogen-bond acceptors (Lipinski definition) is 6. The lowest BCUT2D eigenvalue weighted by Gasteiger charge is -2.36. The van der Waals surface area contributed by atoms with Gasteiger partial charge in [-0.3, -0.25) is 10.3 Å². The highest BCUT2D eigenvalue weighted by Gasteiger charge is 2.36. The van der Waals surface area contributed by atoms with Crippen molar-refractivity contribution in [1.82, 2.24) is 9.97 Å². The molecule has 0 aromatic carbocycles. The van der Waals surface area contributed by atoms with E-state index in [0.717, 1.165) is 16.8 Å². The van der Waals surface area contributed by atoms with Gasteiger partial charge in [-0.1, -0.05) is 32.4 Å². The van der Waals surface area contributed by atoms with Crippen molar-refractivity contribution in [3.63, 3.8) is 0 Å². The van der Waals surface area contributed by atoms with Crippen molar-refractivity contribution in [2.24, 2.45) is 0 Å². The van der Waals surface area contributed by atoms with Crippen molar-refractivity contribution < 1.29 is 18.7 Å². The monoisotopic (exact) mass is 493 g/mol. The molecule has 0 bridgehead atoms. The molecule has 0 aliphatic heterocycles. The minimum absolute atomic E-state index is 0.136. The van der Waals surface area contributed by atoms with Crippen molar-refractivity contribution in [3.8, 4) is 17.0 Å². The molecular weight excluding hydrogens is 458 g/mol. The molecule has 182 valence electrons. The Morgan fingerprint density at radius 3 is 2.36 bits per heavy atom. The standard InChI is InChI=1S/C24H36ClN3O4Si/c1-16-19(14-18(15-26-16)27-22(29)32-23(2,3)4)17-12-20(25)28-21(13-17)30-10-11-31-33(8,9)24(5,6)7/h12-15H,10-11H2,1-9H3,(H,27,29). The molecule has 2 aromatic rings. The number of aryl methyl sites for hydroxylation is 1. The summed E-state index contributed by atoms with van der Waals surface area (Å²) in [6.07, 6.45) is 1.04. The Labute approximate surface area is 203 Å². The molecule has 0 spiro atoms. The maximum absolute atomic E-state index is 12.1. The van der Waals surface area contributed by atoms with Crippen LogP contribution in [0.3, 0.4) is 0 Å². The maximum Gasteiger partial charge on any atom is 0.412 e. The quantitative estimate of drug-likeness (QED) is 0.258. The lowest BCUT2D eigenvalue weighted by atomic mass is 10.1. The number of halogens is 1. The van der Waals surface area contributed by atoms with Gasteiger partial charge in [-0.2, -0.15) is 0 Å². The number of carbonyl (C=O) groups is 1. The first-order valence-corrected chi connectivity index (χ1v) is 14.3. The molecule has 9 heteroatoms. The molecule has 1 amide bonds. The number of carbonyl (C=O) groups excluding carboxylic acids is 1. The van der Waals surface area contributed by atoms with Gasteiger partial charge in [0.15, 0.2) is 8.32 Å². The molecule has 2 rings (SSSR count). The molecule has 0 radical (unpaired) electrons. The van der Waals surface area contributed by atoms with Gasteiger partial charge >= 0.3 is 6.09 Å². The van der Waals surface area contributed by atoms with Crippen LogP contribution >= 0.6 is 11.6 Å². The van der Waals surface area contributed by atoms with Gasteiger partial charge in [0.1, 0.15) is 17.4 Å². The minimum Gasteiger partial charge on any atom is -0.475 e. The number of nitrogens with one attached hydrogen (secondary N) is 1. The average molecular weight is 494 g/mol. The topological polar surface area (TPSA) is 82.6 Å². The summed E-state index contributed by atoms with van der Waals surface area (Å²) in [5.74, 6) is 0.404. The predicted molar refractivity (Wildman–Crippen MR) is 136 cm³/mol. The fourth-order valence-electron chi connectivity index (χ4n) is 2.68. The largest absolute Gasteiger partial charge is 0.475 e. The van der Waals surface area contributed by atoms with Crippen molar-refractivity contribution >= 4 is 31.7 Å². The summed E-state index contributed by atoms with van der Waals surface area (Å²) < 4.78 is 17.3. The fourth-order valence-corrected chi connectivity index (χ4v) is 3.90. The van der Waals surface area contributed by atoms with Crippen LogP contribution in [0.15, 0.2) is 24.4 Å². The van der Waals surface area contributed by atoms with E-state index in [1.807, 2.05) is 33.8 Å². The second-order valence-corrected chi connectivity index (χ2v) is 15.7. The summed E-state index contributed by atoms with van der Waals surface area (Å²) in [5, 5.41) is 3.16. The minimum atomic E-state index is -1.84. The van der Waals surface area contributed by atoms with Gasteiger partial charge < -0.3 is 13.9 Å². The molecule has 0 fully saturated rings. The van der Waals surface area contributed by atoms with E-state index >= 15 is 0 Å². The van der Waals surface area contributed by atoms with E-state index in [9.17, 15) is 4.79 Å². The Balaban J connectivity index is 2.14. The van der Waals surface area contributed by atoms with Crippen molar-refractivity contribution in [1.29, 1.82) is 0 Å². The number of ether oxygens (including phenoxy) is 2. The highest BCUT2D eigenvalue weighted by atomic mass is 35.5. The summed E-state index contributed by atoms with van der Waals surface area (Å²) in [4.78, 5) is 20.8. The molecule has 0 saturated heterocycles. The molecule has 33 heavy (non-hydrogen) atoms. The van der Waals surface area contributed by atoms with Crippen LogP contribution in [0.4, 0.5) is 10.5 Å². The van der Waals surface area contributed by atoms with E-state index < -0.39 is 20.0 Å². The first-order valence-electron chi connectivity index (χ1n) is 11.0. The number of nitrogens with zero attached hydrogens (tertiary/aromatic N) is 2. The van der Waals surface area contributed by atoms with E-state index in [4.69, 9.17) is 25.5 Å². The van der Waals surface area contributed by atoms with Crippen LogP contribution in [-0.2, 0) is 9.16 Å². The zero-order valence-electron chi connectivity index (χ0n) is 21.1. The average Bonchev–Trinajstić information content (AvgIpc) is 2.64. The van der Waals surface area contributed by atoms with Crippen molar-refractivity contribution in [2.45, 2.75) is 72.2 Å². The Kier molecular flexibility index (Phi) is 8.54. The van der Waals surface area contributed by atoms with Crippen LogP contribution in [0, 0.1) is 6.92 Å². The maximum atomic E-state index is 12.1. The van der Waals surface area contributed by atoms with E-state index in [2.05, 4.69) is 49.1 Å². The Morgan fingerprint density at radius 2 is 1.76 bits per heavy atom. The number of rotatable bonds is 7. The Bertz CT molecular complexity index is 985. The lowest BCUT2D eigenvalue weighted by molar-refractivity contribution is 0.0636. The van der Waals surface area contributed by atoms with Gasteiger partial charge in [-0.15, -0.1) is 0 Å². The molecule has 2 aromatic heterocycles. The Hall–Kier alpha value is -2.16. The predicted octanol–water partition coefficient (Wildman–Crippen LogP) is 6.85. The third-order valence-corrected chi connectivity index (χ3v) is 10.1. The van der Waals surface area contributed by atoms with Gasteiger partial charge in [-0.05, 0) is 63.5 Å². The van der Waals surface area contributed by atoms with Gasteiger partial charge in [0.05, 0.1) is 18.5 Å². The van der Waals surface area contributed by atoms with Gasteiger partial charge in [0.25, 0.3) is 0 Å². The summed E-state index contributed by atoms with van der Waals surface area (Å²) in [5.41, 5.74) is 2.29. The van der Waals surface area contributed by atoms with E-state index in [0.29, 0.717) is 29.9 Å². The molecule has 7 nitrogen and oxygen atoms in total. The van der Waals surface area contributed by atoms with Crippen LogP contribution in [-0.4, -0.2) is 43.2 Å². The van der Waals surface area contributed by atoms with Crippen molar-refractivity contribution in [2.75, 3.05) is 18.5 Å². The number of aromatic nitrogens is 2. The molecule has 0 aliphatic carbocycles. The SMILES string of the molecule is Cc1ncc(NC(=O)OC(C)(C)C)cc1-c1cc(Cl)nc(OCCO[Si](C)(C)C(C)(C)C)c1. The number of amides is 1. The highest BCUT2D eigenvalue weighted by Crippen LogP contribution is 2.36. The number of pyridine rings is 2. The van der Waals surface area contributed by atoms with Gasteiger partial charge in [0.2, 0.25) is 5.88 Å². The van der Waals surface area contributed by atoms with Crippen LogP contribution in [0.1, 0.15) is 47.2 Å². The second kappa shape index (κ2) is 10.4. The summed E-state index contributed by atoms with van der Waals surface area (Å²) in [6.45, 7) is 19.2. The summed E-state index contributed by atoms with van der Waals surface area (Å²) in [7, 11) is -1.84. The van der Waals surface area contributed by atoms with E-state index in [1.165, 1.54) is 0 Å². The van der Waals surface area contributed by atoms with Gasteiger partial charge in [0, 0.05) is 17.3 Å². The van der Waals surface area contributed by atoms with E-state index in [1.54, 1.807) is 18.3 Å². The number of anilines is 1. The highest BCUT2D eigenvalue weighted by molar-refractivity contribution is 6.74. The summed E-state index contributed by atoms with van der Waals surface area (Å²) >= 11 is 6.27. The first kappa shape index (κ1) is 27.1. The Morgan fingerprint density at radius 1 is 1.09 bits per heavy atom. The third kappa shape index (κ3) is 8.28. The lowest BCUT2D eigenvalue weighted by Crippen LogP contribution is -2.41. The first-order chi connectivity index (χ1) is 15.1. The fraction of sp³-hybridized carbons (Fsp3) is 0.542. The molecule has 0 aliphatic rings. The zero-order chi connectivity index (χ0) is 25.0. The summed E-state index contributed by atoms with van der Waals surface area (Å²) in [6, 6.07) is 5.36. The molecular formula is C24H36ClN3O4Si. The molecule has 2 heterocycles. The van der Waals surface area contributed by atoms with E-state index in [-0.39, 0.29) is 5.04 Å². The van der Waals surface area contributed by atoms with Crippen molar-refractivity contribution in [3.05, 3.63) is 35.2 Å². The molecule has 0 saturated carbocycles. The van der Waals surface area contributed by atoms with Crippen LogP contribution < -0.4 is 10.1 Å². The van der Waals surface area contributed by atoms with Crippen LogP contribution in [0.2, 0.25) is 23.3 Å². The normalized spacial score (nSPS) is 12.4. The van der Waals surface area contributed by atoms with Crippen LogP contribution in [0.5, 0.6) is 5.88 Å².